The molecule has 0 aliphatic carbocycles. The van der Waals surface area contributed by atoms with Crippen LogP contribution in [0, 0.1) is 17.2 Å². The summed E-state index contributed by atoms with van der Waals surface area (Å²) in [5.74, 6) is 0.0117. The maximum absolute atomic E-state index is 11.6. The van der Waals surface area contributed by atoms with Crippen LogP contribution in [-0.2, 0) is 4.79 Å². The van der Waals surface area contributed by atoms with Gasteiger partial charge in [0.1, 0.15) is 0 Å². The monoisotopic (exact) mass is 225 g/mol. The fraction of sp³-hybridized carbons (Fsp3) is 0.833. The van der Waals surface area contributed by atoms with Crippen LogP contribution < -0.4 is 5.32 Å². The molecule has 1 N–H and O–H groups in total. The highest BCUT2D eigenvalue weighted by atomic mass is 16.2. The molecule has 4 nitrogen and oxygen atoms in total. The smallest absolute Gasteiger partial charge is 0.234 e. The molecule has 0 saturated carbocycles. The Kier molecular flexibility index (Phi) is 7.57. The van der Waals surface area contributed by atoms with E-state index in [-0.39, 0.29) is 17.9 Å². The molecule has 0 radical (unpaired) electrons. The molecular formula is C12H23N3O. The first-order valence-corrected chi connectivity index (χ1v) is 5.94. The zero-order chi connectivity index (χ0) is 12.6. The van der Waals surface area contributed by atoms with Gasteiger partial charge < -0.3 is 5.32 Å². The summed E-state index contributed by atoms with van der Waals surface area (Å²) in [6, 6.07) is 2.40. The number of likely N-dealkylation sites (N-methyl/N-ethyl adjacent to an activating group) is 1. The van der Waals surface area contributed by atoms with Crippen LogP contribution in [0.1, 0.15) is 34.1 Å². The lowest BCUT2D eigenvalue weighted by atomic mass is 10.2. The average molecular weight is 225 g/mol. The minimum absolute atomic E-state index is 0.0312. The molecule has 2 atom stereocenters. The first kappa shape index (κ1) is 14.9. The molecule has 0 spiro atoms. The predicted molar refractivity (Wildman–Crippen MR) is 64.8 cm³/mol. The Morgan fingerprint density at radius 2 is 2.06 bits per heavy atom. The van der Waals surface area contributed by atoms with Gasteiger partial charge >= 0.3 is 0 Å². The standard InChI is InChI=1S/C12H23N3O/c1-5-11(4)14-12(16)9-15(6-2)8-10(3)7-13/h10-11H,5-6,8-9H2,1-4H3,(H,14,16). The van der Waals surface area contributed by atoms with Gasteiger partial charge in [-0.2, -0.15) is 5.26 Å². The molecule has 0 aliphatic rings. The van der Waals surface area contributed by atoms with Crippen LogP contribution in [0.3, 0.4) is 0 Å². The van der Waals surface area contributed by atoms with Gasteiger partial charge in [-0.3, -0.25) is 9.69 Å². The van der Waals surface area contributed by atoms with E-state index in [9.17, 15) is 4.79 Å². The predicted octanol–water partition coefficient (Wildman–Crippen LogP) is 1.38. The molecule has 0 aliphatic heterocycles. The van der Waals surface area contributed by atoms with Gasteiger partial charge in [0.05, 0.1) is 18.5 Å². The topological polar surface area (TPSA) is 56.1 Å². The van der Waals surface area contributed by atoms with Crippen LogP contribution in [-0.4, -0.2) is 36.5 Å². The normalized spacial score (nSPS) is 14.2. The van der Waals surface area contributed by atoms with Crippen molar-refractivity contribution in [3.63, 3.8) is 0 Å². The summed E-state index contributed by atoms with van der Waals surface area (Å²) in [6.07, 6.45) is 0.937. The average Bonchev–Trinajstić information content (AvgIpc) is 2.27. The van der Waals surface area contributed by atoms with Crippen molar-refractivity contribution in [1.82, 2.24) is 10.2 Å². The molecule has 0 aromatic rings. The van der Waals surface area contributed by atoms with E-state index < -0.39 is 0 Å². The molecule has 0 aromatic heterocycles. The lowest BCUT2D eigenvalue weighted by molar-refractivity contribution is -0.122. The minimum atomic E-state index is -0.0312. The van der Waals surface area contributed by atoms with Crippen LogP contribution >= 0.6 is 0 Å². The summed E-state index contributed by atoms with van der Waals surface area (Å²) in [6.45, 7) is 9.73. The molecule has 0 aromatic carbocycles. The maximum Gasteiger partial charge on any atom is 0.234 e. The number of carbonyl (C=O) groups excluding carboxylic acids is 1. The third kappa shape index (κ3) is 6.41. The molecule has 16 heavy (non-hydrogen) atoms. The van der Waals surface area contributed by atoms with Crippen molar-refractivity contribution >= 4 is 5.91 Å². The second-order valence-electron chi connectivity index (χ2n) is 4.23. The van der Waals surface area contributed by atoms with E-state index in [1.54, 1.807) is 0 Å². The third-order valence-electron chi connectivity index (χ3n) is 2.59. The summed E-state index contributed by atoms with van der Waals surface area (Å²) in [5, 5.41) is 11.6. The summed E-state index contributed by atoms with van der Waals surface area (Å²) in [7, 11) is 0. The highest BCUT2D eigenvalue weighted by Crippen LogP contribution is 1.98. The first-order chi connectivity index (χ1) is 7.53. The molecule has 0 bridgehead atoms. The molecule has 1 amide bonds. The Bertz CT molecular complexity index is 247. The number of rotatable bonds is 7. The van der Waals surface area contributed by atoms with E-state index in [1.165, 1.54) is 0 Å². The summed E-state index contributed by atoms with van der Waals surface area (Å²) in [4.78, 5) is 13.6. The van der Waals surface area contributed by atoms with E-state index in [0.29, 0.717) is 13.1 Å². The van der Waals surface area contributed by atoms with E-state index in [4.69, 9.17) is 5.26 Å². The lowest BCUT2D eigenvalue weighted by Crippen LogP contribution is -2.42. The van der Waals surface area contributed by atoms with Crippen LogP contribution in [0.15, 0.2) is 0 Å². The van der Waals surface area contributed by atoms with Crippen molar-refractivity contribution in [3.05, 3.63) is 0 Å². The number of nitrogens with one attached hydrogen (secondary N) is 1. The maximum atomic E-state index is 11.6. The van der Waals surface area contributed by atoms with Gasteiger partial charge in [-0.25, -0.2) is 0 Å². The Balaban J connectivity index is 4.02. The van der Waals surface area contributed by atoms with E-state index >= 15 is 0 Å². The zero-order valence-corrected chi connectivity index (χ0v) is 10.8. The number of nitrogens with zero attached hydrogens (tertiary/aromatic N) is 2. The molecular weight excluding hydrogens is 202 g/mol. The number of hydrogen-bond donors (Lipinski definition) is 1. The van der Waals surface area contributed by atoms with Crippen molar-refractivity contribution in [2.24, 2.45) is 5.92 Å². The third-order valence-corrected chi connectivity index (χ3v) is 2.59. The van der Waals surface area contributed by atoms with E-state index in [1.807, 2.05) is 32.6 Å². The lowest BCUT2D eigenvalue weighted by Gasteiger charge is -2.22. The molecule has 92 valence electrons. The fourth-order valence-electron chi connectivity index (χ4n) is 1.36. The van der Waals surface area contributed by atoms with Gasteiger partial charge in [-0.15, -0.1) is 0 Å². The first-order valence-electron chi connectivity index (χ1n) is 5.94. The number of nitriles is 1. The quantitative estimate of drug-likeness (QED) is 0.712. The molecule has 0 saturated heterocycles. The molecule has 0 rings (SSSR count). The van der Waals surface area contributed by atoms with Crippen LogP contribution in [0.25, 0.3) is 0 Å². The SMILES string of the molecule is CCC(C)NC(=O)CN(CC)CC(C)C#N. The number of carbonyl (C=O) groups is 1. The largest absolute Gasteiger partial charge is 0.353 e. The Morgan fingerprint density at radius 1 is 1.44 bits per heavy atom. The van der Waals surface area contributed by atoms with Crippen molar-refractivity contribution in [3.8, 4) is 6.07 Å². The van der Waals surface area contributed by atoms with Gasteiger partial charge in [-0.1, -0.05) is 13.8 Å². The molecule has 0 heterocycles. The fourth-order valence-corrected chi connectivity index (χ4v) is 1.36. The van der Waals surface area contributed by atoms with Crippen LogP contribution in [0.4, 0.5) is 0 Å². The summed E-state index contributed by atoms with van der Waals surface area (Å²) < 4.78 is 0. The van der Waals surface area contributed by atoms with Crippen LogP contribution in [0.2, 0.25) is 0 Å². The van der Waals surface area contributed by atoms with Gasteiger partial charge in [0, 0.05) is 12.6 Å². The molecule has 4 heteroatoms. The minimum Gasteiger partial charge on any atom is -0.353 e. The van der Waals surface area contributed by atoms with Crippen LogP contribution in [0.5, 0.6) is 0 Å². The Labute approximate surface area is 98.6 Å². The summed E-state index contributed by atoms with van der Waals surface area (Å²) in [5.41, 5.74) is 0. The van der Waals surface area contributed by atoms with Gasteiger partial charge in [0.2, 0.25) is 5.91 Å². The second-order valence-corrected chi connectivity index (χ2v) is 4.23. The Morgan fingerprint density at radius 3 is 2.50 bits per heavy atom. The highest BCUT2D eigenvalue weighted by molar-refractivity contribution is 5.78. The van der Waals surface area contributed by atoms with Crippen molar-refractivity contribution in [2.75, 3.05) is 19.6 Å². The highest BCUT2D eigenvalue weighted by Gasteiger charge is 2.13. The second kappa shape index (κ2) is 8.12. The van der Waals surface area contributed by atoms with Gasteiger partial charge in [0.25, 0.3) is 0 Å². The van der Waals surface area contributed by atoms with Gasteiger partial charge in [0.15, 0.2) is 0 Å². The number of amides is 1. The van der Waals surface area contributed by atoms with Crippen molar-refractivity contribution < 1.29 is 4.79 Å². The molecule has 2 unspecified atom stereocenters. The van der Waals surface area contributed by atoms with Gasteiger partial charge in [-0.05, 0) is 26.8 Å². The molecule has 0 fully saturated rings. The van der Waals surface area contributed by atoms with Crippen molar-refractivity contribution in [1.29, 1.82) is 5.26 Å². The zero-order valence-electron chi connectivity index (χ0n) is 10.8. The summed E-state index contributed by atoms with van der Waals surface area (Å²) >= 11 is 0. The van der Waals surface area contributed by atoms with E-state index in [0.717, 1.165) is 13.0 Å². The van der Waals surface area contributed by atoms with E-state index in [2.05, 4.69) is 11.4 Å². The van der Waals surface area contributed by atoms with Crippen molar-refractivity contribution in [2.45, 2.75) is 40.2 Å². The Hall–Kier alpha value is -1.08. The number of hydrogen-bond acceptors (Lipinski definition) is 3.